The van der Waals surface area contributed by atoms with Crippen LogP contribution in [0.5, 0.6) is 0 Å². The molecule has 1 saturated heterocycles. The van der Waals surface area contributed by atoms with Crippen molar-refractivity contribution in [3.8, 4) is 0 Å². The molecule has 1 aromatic rings. The van der Waals surface area contributed by atoms with Gasteiger partial charge in [0.05, 0.1) is 6.10 Å². The monoisotopic (exact) mass is 307 g/mol. The van der Waals surface area contributed by atoms with Gasteiger partial charge >= 0.3 is 0 Å². The molecule has 0 amide bonds. The molecular formula is C18H26ClNO. The summed E-state index contributed by atoms with van der Waals surface area (Å²) in [6.45, 7) is 4.33. The second-order valence-corrected chi connectivity index (χ2v) is 7.48. The standard InChI is InChI=1S/C18H26ClNO/c1-13-7-10-20-12-16(13)17(21)11-18(8-2-9-18)14-3-5-15(19)6-4-14/h3-6,13,16-17,20-21H,2,7-12H2,1H3/t13-,16+,17-/m0/s1. The van der Waals surface area contributed by atoms with Crippen molar-refractivity contribution < 1.29 is 5.11 Å². The van der Waals surface area contributed by atoms with Crippen molar-refractivity contribution in [3.05, 3.63) is 34.9 Å². The fourth-order valence-electron chi connectivity index (χ4n) is 4.10. The van der Waals surface area contributed by atoms with Crippen LogP contribution in [0.4, 0.5) is 0 Å². The number of aliphatic hydroxyl groups is 1. The molecule has 1 aliphatic heterocycles. The molecule has 21 heavy (non-hydrogen) atoms. The molecule has 116 valence electrons. The summed E-state index contributed by atoms with van der Waals surface area (Å²) in [5.41, 5.74) is 1.54. The first-order valence-electron chi connectivity index (χ1n) is 8.26. The van der Waals surface area contributed by atoms with E-state index >= 15 is 0 Å². The van der Waals surface area contributed by atoms with Gasteiger partial charge < -0.3 is 10.4 Å². The molecule has 0 radical (unpaired) electrons. The van der Waals surface area contributed by atoms with Crippen LogP contribution < -0.4 is 5.32 Å². The number of hydrogen-bond acceptors (Lipinski definition) is 2. The van der Waals surface area contributed by atoms with Gasteiger partial charge in [-0.3, -0.25) is 0 Å². The lowest BCUT2D eigenvalue weighted by Crippen LogP contribution is -2.46. The van der Waals surface area contributed by atoms with E-state index < -0.39 is 0 Å². The van der Waals surface area contributed by atoms with Crippen molar-refractivity contribution in [3.63, 3.8) is 0 Å². The van der Waals surface area contributed by atoms with E-state index in [-0.39, 0.29) is 11.5 Å². The summed E-state index contributed by atoms with van der Waals surface area (Å²) < 4.78 is 0. The third-order valence-electron chi connectivity index (χ3n) is 5.75. The molecule has 1 heterocycles. The van der Waals surface area contributed by atoms with Crippen molar-refractivity contribution in [1.82, 2.24) is 5.32 Å². The SMILES string of the molecule is C[C@H]1CCNC[C@H]1[C@@H](O)CC1(c2ccc(Cl)cc2)CCC1. The third kappa shape index (κ3) is 3.13. The van der Waals surface area contributed by atoms with Gasteiger partial charge in [-0.05, 0) is 67.2 Å². The van der Waals surface area contributed by atoms with Gasteiger partial charge in [-0.25, -0.2) is 0 Å². The van der Waals surface area contributed by atoms with Crippen LogP contribution in [0.3, 0.4) is 0 Å². The smallest absolute Gasteiger partial charge is 0.0591 e. The number of benzene rings is 1. The maximum Gasteiger partial charge on any atom is 0.0591 e. The minimum absolute atomic E-state index is 0.182. The highest BCUT2D eigenvalue weighted by Gasteiger charge is 2.42. The Morgan fingerprint density at radius 1 is 1.33 bits per heavy atom. The Bertz CT molecular complexity index is 469. The minimum atomic E-state index is -0.205. The fraction of sp³-hybridized carbons (Fsp3) is 0.667. The van der Waals surface area contributed by atoms with Crippen molar-refractivity contribution in [2.24, 2.45) is 11.8 Å². The topological polar surface area (TPSA) is 32.3 Å². The summed E-state index contributed by atoms with van der Waals surface area (Å²) in [4.78, 5) is 0. The zero-order valence-electron chi connectivity index (χ0n) is 12.8. The number of halogens is 1. The predicted octanol–water partition coefficient (Wildman–Crippen LogP) is 3.76. The van der Waals surface area contributed by atoms with Crippen LogP contribution in [0.25, 0.3) is 0 Å². The van der Waals surface area contributed by atoms with Crippen LogP contribution in [-0.4, -0.2) is 24.3 Å². The molecule has 2 nitrogen and oxygen atoms in total. The summed E-state index contributed by atoms with van der Waals surface area (Å²) in [6, 6.07) is 8.26. The maximum atomic E-state index is 10.8. The van der Waals surface area contributed by atoms with E-state index in [1.165, 1.54) is 31.2 Å². The first-order valence-corrected chi connectivity index (χ1v) is 8.63. The zero-order chi connectivity index (χ0) is 14.9. The molecular weight excluding hydrogens is 282 g/mol. The highest BCUT2D eigenvalue weighted by molar-refractivity contribution is 6.30. The molecule has 3 heteroatoms. The molecule has 1 aliphatic carbocycles. The zero-order valence-corrected chi connectivity index (χ0v) is 13.6. The summed E-state index contributed by atoms with van der Waals surface area (Å²) in [7, 11) is 0. The van der Waals surface area contributed by atoms with Crippen LogP contribution in [0.1, 0.15) is 44.6 Å². The molecule has 2 aliphatic rings. The fourth-order valence-corrected chi connectivity index (χ4v) is 4.22. The van der Waals surface area contributed by atoms with Crippen molar-refractivity contribution >= 4 is 11.6 Å². The van der Waals surface area contributed by atoms with Gasteiger partial charge in [0.15, 0.2) is 0 Å². The number of piperidine rings is 1. The van der Waals surface area contributed by atoms with Crippen molar-refractivity contribution in [2.45, 2.75) is 50.5 Å². The van der Waals surface area contributed by atoms with Crippen LogP contribution in [-0.2, 0) is 5.41 Å². The average molecular weight is 308 g/mol. The normalized spacial score (nSPS) is 29.7. The highest BCUT2D eigenvalue weighted by atomic mass is 35.5. The van der Waals surface area contributed by atoms with E-state index in [4.69, 9.17) is 11.6 Å². The third-order valence-corrected chi connectivity index (χ3v) is 6.00. The lowest BCUT2D eigenvalue weighted by atomic mass is 9.60. The van der Waals surface area contributed by atoms with Gasteiger partial charge in [0.2, 0.25) is 0 Å². The first kappa shape index (κ1) is 15.3. The van der Waals surface area contributed by atoms with Gasteiger partial charge in [-0.1, -0.05) is 37.1 Å². The number of rotatable bonds is 4. The summed E-state index contributed by atoms with van der Waals surface area (Å²) in [6.07, 6.45) is 5.53. The summed E-state index contributed by atoms with van der Waals surface area (Å²) >= 11 is 6.01. The van der Waals surface area contributed by atoms with Gasteiger partial charge in [0.1, 0.15) is 0 Å². The van der Waals surface area contributed by atoms with Crippen LogP contribution >= 0.6 is 11.6 Å². The molecule has 0 aromatic heterocycles. The number of aliphatic hydroxyl groups excluding tert-OH is 1. The van der Waals surface area contributed by atoms with Crippen LogP contribution in [0.15, 0.2) is 24.3 Å². The van der Waals surface area contributed by atoms with E-state index in [0.717, 1.165) is 24.5 Å². The van der Waals surface area contributed by atoms with Gasteiger partial charge in [0, 0.05) is 11.6 Å². The van der Waals surface area contributed by atoms with Crippen LogP contribution in [0, 0.1) is 11.8 Å². The van der Waals surface area contributed by atoms with E-state index in [9.17, 15) is 5.11 Å². The average Bonchev–Trinajstić information content (AvgIpc) is 2.44. The van der Waals surface area contributed by atoms with Gasteiger partial charge in [0.25, 0.3) is 0 Å². The Labute approximate surface area is 132 Å². The Kier molecular flexibility index (Phi) is 4.58. The Balaban J connectivity index is 1.73. The molecule has 0 spiro atoms. The Morgan fingerprint density at radius 2 is 2.05 bits per heavy atom. The largest absolute Gasteiger partial charge is 0.393 e. The Hall–Kier alpha value is -0.570. The van der Waals surface area contributed by atoms with E-state index in [1.807, 2.05) is 12.1 Å². The van der Waals surface area contributed by atoms with Gasteiger partial charge in [-0.2, -0.15) is 0 Å². The van der Waals surface area contributed by atoms with Gasteiger partial charge in [-0.15, -0.1) is 0 Å². The Morgan fingerprint density at radius 3 is 2.62 bits per heavy atom. The second-order valence-electron chi connectivity index (χ2n) is 7.05. The second kappa shape index (κ2) is 6.28. The molecule has 1 saturated carbocycles. The molecule has 0 unspecified atom stereocenters. The number of nitrogens with one attached hydrogen (secondary N) is 1. The van der Waals surface area contributed by atoms with Crippen molar-refractivity contribution in [1.29, 1.82) is 0 Å². The molecule has 3 atom stereocenters. The predicted molar refractivity (Wildman–Crippen MR) is 87.7 cm³/mol. The first-order chi connectivity index (χ1) is 10.1. The lowest BCUT2D eigenvalue weighted by Gasteiger charge is -2.46. The molecule has 2 N–H and O–H groups in total. The molecule has 2 fully saturated rings. The van der Waals surface area contributed by atoms with E-state index in [1.54, 1.807) is 0 Å². The highest BCUT2D eigenvalue weighted by Crippen LogP contribution is 2.48. The maximum absolute atomic E-state index is 10.8. The van der Waals surface area contributed by atoms with E-state index in [2.05, 4.69) is 24.4 Å². The molecule has 0 bridgehead atoms. The lowest BCUT2D eigenvalue weighted by molar-refractivity contribution is 0.0200. The molecule has 3 rings (SSSR count). The van der Waals surface area contributed by atoms with Crippen LogP contribution in [0.2, 0.25) is 5.02 Å². The number of hydrogen-bond donors (Lipinski definition) is 2. The van der Waals surface area contributed by atoms with Crippen molar-refractivity contribution in [2.75, 3.05) is 13.1 Å². The summed E-state index contributed by atoms with van der Waals surface area (Å²) in [5.74, 6) is 1.01. The van der Waals surface area contributed by atoms with E-state index in [0.29, 0.717) is 11.8 Å². The summed E-state index contributed by atoms with van der Waals surface area (Å²) in [5, 5.41) is 15.0. The quantitative estimate of drug-likeness (QED) is 0.888. The molecule has 1 aromatic carbocycles. The minimum Gasteiger partial charge on any atom is -0.393 e.